The largest absolute Gasteiger partial charge is 0.376 e. The van der Waals surface area contributed by atoms with Crippen LogP contribution in [0.3, 0.4) is 0 Å². The first-order valence-electron chi connectivity index (χ1n) is 6.54. The molecule has 1 aromatic rings. The molecule has 0 spiro atoms. The van der Waals surface area contributed by atoms with Crippen molar-refractivity contribution in [2.24, 2.45) is 5.92 Å². The second-order valence-corrected chi connectivity index (χ2v) is 5.14. The predicted octanol–water partition coefficient (Wildman–Crippen LogP) is 0.527. The third kappa shape index (κ3) is 2.35. The third-order valence-corrected chi connectivity index (χ3v) is 3.76. The minimum atomic E-state index is 0.364. The van der Waals surface area contributed by atoms with Crippen LogP contribution in [0.15, 0.2) is 0 Å². The molecule has 5 nitrogen and oxygen atoms in total. The average molecular weight is 236 g/mol. The third-order valence-electron chi connectivity index (χ3n) is 3.76. The van der Waals surface area contributed by atoms with Gasteiger partial charge in [-0.3, -0.25) is 0 Å². The lowest BCUT2D eigenvalue weighted by Gasteiger charge is -2.26. The molecule has 0 amide bonds. The van der Waals surface area contributed by atoms with Gasteiger partial charge in [-0.05, 0) is 38.8 Å². The van der Waals surface area contributed by atoms with Crippen molar-refractivity contribution in [3.8, 4) is 0 Å². The summed E-state index contributed by atoms with van der Waals surface area (Å²) in [7, 11) is 0. The summed E-state index contributed by atoms with van der Waals surface area (Å²) in [5.74, 6) is 2.88. The van der Waals surface area contributed by atoms with Gasteiger partial charge < -0.3 is 14.6 Å². The van der Waals surface area contributed by atoms with Crippen molar-refractivity contribution in [3.05, 3.63) is 11.6 Å². The number of nitrogens with zero attached hydrogens (tertiary/aromatic N) is 3. The van der Waals surface area contributed by atoms with Crippen molar-refractivity contribution in [1.29, 1.82) is 0 Å². The van der Waals surface area contributed by atoms with Crippen molar-refractivity contribution in [2.45, 2.75) is 38.8 Å². The maximum absolute atomic E-state index is 5.69. The summed E-state index contributed by atoms with van der Waals surface area (Å²) in [5.41, 5.74) is 0. The molecule has 0 aliphatic carbocycles. The van der Waals surface area contributed by atoms with Crippen LogP contribution in [-0.2, 0) is 17.7 Å². The van der Waals surface area contributed by atoms with Gasteiger partial charge in [0.2, 0.25) is 0 Å². The number of aromatic nitrogens is 3. The van der Waals surface area contributed by atoms with Crippen molar-refractivity contribution in [1.82, 2.24) is 20.1 Å². The van der Waals surface area contributed by atoms with Gasteiger partial charge in [0.15, 0.2) is 0 Å². The molecule has 0 bridgehead atoms. The second kappa shape index (κ2) is 4.74. The van der Waals surface area contributed by atoms with Crippen LogP contribution in [0.2, 0.25) is 0 Å². The highest BCUT2D eigenvalue weighted by Gasteiger charge is 2.23. The van der Waals surface area contributed by atoms with Crippen molar-refractivity contribution in [2.75, 3.05) is 19.7 Å². The van der Waals surface area contributed by atoms with Crippen LogP contribution >= 0.6 is 0 Å². The van der Waals surface area contributed by atoms with Gasteiger partial charge in [0.05, 0.1) is 12.6 Å². The number of hydrogen-bond donors (Lipinski definition) is 1. The Bertz CT molecular complexity index is 380. The van der Waals surface area contributed by atoms with Gasteiger partial charge in [0, 0.05) is 13.0 Å². The zero-order valence-electron chi connectivity index (χ0n) is 10.4. The number of nitrogens with one attached hydrogen (secondary N) is 1. The molecular formula is C12H20N4O. The van der Waals surface area contributed by atoms with Crippen LogP contribution in [0.4, 0.5) is 0 Å². The van der Waals surface area contributed by atoms with Crippen LogP contribution in [0.5, 0.6) is 0 Å². The van der Waals surface area contributed by atoms with Gasteiger partial charge in [-0.15, -0.1) is 10.2 Å². The highest BCUT2D eigenvalue weighted by atomic mass is 16.5. The van der Waals surface area contributed by atoms with Gasteiger partial charge in [0.25, 0.3) is 0 Å². The van der Waals surface area contributed by atoms with Crippen LogP contribution in [0.1, 0.15) is 24.5 Å². The molecule has 1 atom stereocenters. The molecule has 94 valence electrons. The van der Waals surface area contributed by atoms with Crippen molar-refractivity contribution >= 4 is 0 Å². The van der Waals surface area contributed by atoms with E-state index in [0.717, 1.165) is 50.2 Å². The first-order valence-corrected chi connectivity index (χ1v) is 6.54. The SMILES string of the molecule is Cc1nnc(CC2CNC2)n1CC1CCCO1. The fraction of sp³-hybridized carbons (Fsp3) is 0.833. The zero-order valence-corrected chi connectivity index (χ0v) is 10.4. The Balaban J connectivity index is 1.69. The Labute approximate surface area is 102 Å². The van der Waals surface area contributed by atoms with Crippen LogP contribution < -0.4 is 5.32 Å². The van der Waals surface area contributed by atoms with E-state index in [2.05, 4.69) is 20.1 Å². The highest BCUT2D eigenvalue weighted by molar-refractivity contribution is 4.98. The standard InChI is InChI=1S/C12H20N4O/c1-9-14-15-12(5-10-6-13-7-10)16(9)8-11-3-2-4-17-11/h10-11,13H,2-8H2,1H3. The van der Waals surface area contributed by atoms with Crippen molar-refractivity contribution < 1.29 is 4.74 Å². The number of ether oxygens (including phenoxy) is 1. The predicted molar refractivity (Wildman–Crippen MR) is 63.8 cm³/mol. The van der Waals surface area contributed by atoms with Gasteiger partial charge in [-0.25, -0.2) is 0 Å². The van der Waals surface area contributed by atoms with E-state index in [9.17, 15) is 0 Å². The smallest absolute Gasteiger partial charge is 0.133 e. The molecule has 5 heteroatoms. The Hall–Kier alpha value is -0.940. The second-order valence-electron chi connectivity index (χ2n) is 5.14. The summed E-state index contributed by atoms with van der Waals surface area (Å²) in [5, 5.41) is 11.8. The van der Waals surface area contributed by atoms with E-state index in [1.54, 1.807) is 0 Å². The normalized spacial score (nSPS) is 25.1. The summed E-state index contributed by atoms with van der Waals surface area (Å²) in [6.07, 6.45) is 3.76. The molecule has 0 radical (unpaired) electrons. The zero-order chi connectivity index (χ0) is 11.7. The Kier molecular flexibility index (Phi) is 3.11. The maximum atomic E-state index is 5.69. The topological polar surface area (TPSA) is 52.0 Å². The minimum absolute atomic E-state index is 0.364. The molecule has 2 aliphatic heterocycles. The van der Waals surface area contributed by atoms with Gasteiger partial charge in [0.1, 0.15) is 11.6 Å². The van der Waals surface area contributed by atoms with Crippen LogP contribution in [0, 0.1) is 12.8 Å². The van der Waals surface area contributed by atoms with Crippen LogP contribution in [0.25, 0.3) is 0 Å². The molecule has 2 aliphatic rings. The van der Waals surface area contributed by atoms with E-state index in [-0.39, 0.29) is 0 Å². The highest BCUT2D eigenvalue weighted by Crippen LogP contribution is 2.17. The number of aryl methyl sites for hydroxylation is 1. The lowest BCUT2D eigenvalue weighted by atomic mass is 9.99. The Morgan fingerprint density at radius 3 is 2.94 bits per heavy atom. The van der Waals surface area contributed by atoms with Gasteiger partial charge >= 0.3 is 0 Å². The molecule has 3 heterocycles. The molecular weight excluding hydrogens is 216 g/mol. The fourth-order valence-electron chi connectivity index (χ4n) is 2.56. The molecule has 0 aromatic carbocycles. The summed E-state index contributed by atoms with van der Waals surface area (Å²) in [6.45, 7) is 6.10. The summed E-state index contributed by atoms with van der Waals surface area (Å²) in [6, 6.07) is 0. The molecule has 1 aromatic heterocycles. The number of hydrogen-bond acceptors (Lipinski definition) is 4. The fourth-order valence-corrected chi connectivity index (χ4v) is 2.56. The van der Waals surface area contributed by atoms with E-state index in [1.807, 2.05) is 6.92 Å². The Morgan fingerprint density at radius 2 is 2.29 bits per heavy atom. The number of rotatable bonds is 4. The van der Waals surface area contributed by atoms with Gasteiger partial charge in [-0.2, -0.15) is 0 Å². The lowest BCUT2D eigenvalue weighted by molar-refractivity contribution is 0.0954. The lowest BCUT2D eigenvalue weighted by Crippen LogP contribution is -2.43. The molecule has 1 N–H and O–H groups in total. The van der Waals surface area contributed by atoms with E-state index in [0.29, 0.717) is 6.10 Å². The monoisotopic (exact) mass is 236 g/mol. The van der Waals surface area contributed by atoms with E-state index >= 15 is 0 Å². The first-order chi connectivity index (χ1) is 8.33. The van der Waals surface area contributed by atoms with Crippen molar-refractivity contribution in [3.63, 3.8) is 0 Å². The quantitative estimate of drug-likeness (QED) is 0.828. The molecule has 17 heavy (non-hydrogen) atoms. The van der Waals surface area contributed by atoms with E-state index in [1.165, 1.54) is 12.8 Å². The van der Waals surface area contributed by atoms with Gasteiger partial charge in [-0.1, -0.05) is 0 Å². The molecule has 0 saturated carbocycles. The van der Waals surface area contributed by atoms with E-state index in [4.69, 9.17) is 4.74 Å². The van der Waals surface area contributed by atoms with E-state index < -0.39 is 0 Å². The summed E-state index contributed by atoms with van der Waals surface area (Å²) >= 11 is 0. The molecule has 2 saturated heterocycles. The summed E-state index contributed by atoms with van der Waals surface area (Å²) in [4.78, 5) is 0. The van der Waals surface area contributed by atoms with Crippen LogP contribution in [-0.4, -0.2) is 40.6 Å². The molecule has 3 rings (SSSR count). The molecule has 2 fully saturated rings. The first kappa shape index (κ1) is 11.2. The molecule has 1 unspecified atom stereocenters. The maximum Gasteiger partial charge on any atom is 0.133 e. The summed E-state index contributed by atoms with van der Waals surface area (Å²) < 4.78 is 7.94. The Morgan fingerprint density at radius 1 is 1.41 bits per heavy atom. The minimum Gasteiger partial charge on any atom is -0.376 e. The average Bonchev–Trinajstić information content (AvgIpc) is 2.86.